The highest BCUT2D eigenvalue weighted by molar-refractivity contribution is 8.14. The topological polar surface area (TPSA) is 17.1 Å². The van der Waals surface area contributed by atoms with Gasteiger partial charge >= 0.3 is 0 Å². The quantitative estimate of drug-likeness (QED) is 0.647. The van der Waals surface area contributed by atoms with Crippen LogP contribution < -0.4 is 0 Å². The Labute approximate surface area is 86.7 Å². The standard InChI is InChI=1S/C11H22OS/c1-5-8-9-11(4,7-3)13-10(12)6-2/h5-9H2,1-4H3. The van der Waals surface area contributed by atoms with Crippen molar-refractivity contribution in [2.75, 3.05) is 0 Å². The lowest BCUT2D eigenvalue weighted by Crippen LogP contribution is -2.20. The lowest BCUT2D eigenvalue weighted by molar-refractivity contribution is -0.110. The molecule has 1 atom stereocenters. The summed E-state index contributed by atoms with van der Waals surface area (Å²) in [6.07, 6.45) is 5.36. The summed E-state index contributed by atoms with van der Waals surface area (Å²) in [4.78, 5) is 11.3. The molecule has 0 rings (SSSR count). The Morgan fingerprint density at radius 1 is 1.31 bits per heavy atom. The Morgan fingerprint density at radius 3 is 2.31 bits per heavy atom. The fourth-order valence-corrected chi connectivity index (χ4v) is 2.28. The van der Waals surface area contributed by atoms with Gasteiger partial charge < -0.3 is 0 Å². The molecule has 0 amide bonds. The zero-order valence-electron chi connectivity index (χ0n) is 9.35. The van der Waals surface area contributed by atoms with E-state index in [1.807, 2.05) is 6.92 Å². The molecule has 0 saturated carbocycles. The molecule has 0 aliphatic carbocycles. The van der Waals surface area contributed by atoms with Crippen LogP contribution in [0.3, 0.4) is 0 Å². The van der Waals surface area contributed by atoms with Gasteiger partial charge in [0.15, 0.2) is 5.12 Å². The molecule has 0 aromatic heterocycles. The fourth-order valence-electron chi connectivity index (χ4n) is 1.20. The average molecular weight is 202 g/mol. The third-order valence-electron chi connectivity index (χ3n) is 2.46. The number of hydrogen-bond acceptors (Lipinski definition) is 2. The van der Waals surface area contributed by atoms with E-state index in [0.717, 1.165) is 12.8 Å². The zero-order chi connectivity index (χ0) is 10.3. The highest BCUT2D eigenvalue weighted by Crippen LogP contribution is 2.34. The van der Waals surface area contributed by atoms with Gasteiger partial charge in [-0.25, -0.2) is 0 Å². The minimum absolute atomic E-state index is 0.184. The second-order valence-electron chi connectivity index (χ2n) is 3.73. The highest BCUT2D eigenvalue weighted by atomic mass is 32.2. The molecule has 1 nitrogen and oxygen atoms in total. The molecule has 0 N–H and O–H groups in total. The van der Waals surface area contributed by atoms with Crippen molar-refractivity contribution in [3.05, 3.63) is 0 Å². The molecule has 0 saturated heterocycles. The van der Waals surface area contributed by atoms with Crippen LogP contribution in [0.2, 0.25) is 0 Å². The van der Waals surface area contributed by atoms with E-state index in [1.54, 1.807) is 11.8 Å². The molecule has 0 spiro atoms. The molecule has 78 valence electrons. The van der Waals surface area contributed by atoms with Gasteiger partial charge in [0.1, 0.15) is 0 Å². The highest BCUT2D eigenvalue weighted by Gasteiger charge is 2.24. The predicted octanol–water partition coefficient (Wildman–Crippen LogP) is 4.02. The van der Waals surface area contributed by atoms with E-state index in [2.05, 4.69) is 20.8 Å². The molecule has 0 bridgehead atoms. The minimum Gasteiger partial charge on any atom is -0.287 e. The number of carbonyl (C=O) groups is 1. The molecule has 0 heterocycles. The van der Waals surface area contributed by atoms with E-state index in [9.17, 15) is 4.79 Å². The van der Waals surface area contributed by atoms with Crippen LogP contribution in [-0.4, -0.2) is 9.86 Å². The molecule has 0 aromatic carbocycles. The molecule has 1 unspecified atom stereocenters. The van der Waals surface area contributed by atoms with Crippen LogP contribution >= 0.6 is 11.8 Å². The second-order valence-corrected chi connectivity index (χ2v) is 5.38. The van der Waals surface area contributed by atoms with Crippen molar-refractivity contribution in [2.24, 2.45) is 0 Å². The van der Waals surface area contributed by atoms with Gasteiger partial charge in [-0.3, -0.25) is 4.79 Å². The van der Waals surface area contributed by atoms with E-state index in [-0.39, 0.29) is 4.75 Å². The van der Waals surface area contributed by atoms with Gasteiger partial charge in [0.05, 0.1) is 0 Å². The Kier molecular flexibility index (Phi) is 6.48. The lowest BCUT2D eigenvalue weighted by atomic mass is 10.0. The molecule has 0 fully saturated rings. The van der Waals surface area contributed by atoms with Crippen LogP contribution in [0.1, 0.15) is 59.8 Å². The van der Waals surface area contributed by atoms with Gasteiger partial charge in [0, 0.05) is 11.2 Å². The number of hydrogen-bond donors (Lipinski definition) is 0. The van der Waals surface area contributed by atoms with Crippen molar-refractivity contribution in [3.8, 4) is 0 Å². The smallest absolute Gasteiger partial charge is 0.189 e. The molecular weight excluding hydrogens is 180 g/mol. The summed E-state index contributed by atoms with van der Waals surface area (Å²) in [7, 11) is 0. The first-order chi connectivity index (χ1) is 6.08. The zero-order valence-corrected chi connectivity index (χ0v) is 10.2. The van der Waals surface area contributed by atoms with Gasteiger partial charge in [0.2, 0.25) is 0 Å². The van der Waals surface area contributed by atoms with Crippen molar-refractivity contribution in [2.45, 2.75) is 64.5 Å². The third-order valence-corrected chi connectivity index (χ3v) is 3.96. The summed E-state index contributed by atoms with van der Waals surface area (Å²) in [5.41, 5.74) is 0. The van der Waals surface area contributed by atoms with Crippen LogP contribution in [0.15, 0.2) is 0 Å². The first-order valence-corrected chi connectivity index (χ1v) is 6.11. The number of thioether (sulfide) groups is 1. The van der Waals surface area contributed by atoms with Crippen molar-refractivity contribution in [1.82, 2.24) is 0 Å². The molecule has 0 aliphatic heterocycles. The maximum Gasteiger partial charge on any atom is 0.189 e. The Bertz CT molecular complexity index is 156. The summed E-state index contributed by atoms with van der Waals surface area (Å²) in [5.74, 6) is 0. The number of unbranched alkanes of at least 4 members (excludes halogenated alkanes) is 1. The van der Waals surface area contributed by atoms with Gasteiger partial charge in [-0.15, -0.1) is 0 Å². The van der Waals surface area contributed by atoms with Crippen molar-refractivity contribution < 1.29 is 4.79 Å². The fraction of sp³-hybridized carbons (Fsp3) is 0.909. The summed E-state index contributed by atoms with van der Waals surface area (Å²) in [5, 5.41) is 0.334. The van der Waals surface area contributed by atoms with E-state index in [1.165, 1.54) is 12.8 Å². The molecule has 0 radical (unpaired) electrons. The van der Waals surface area contributed by atoms with Crippen molar-refractivity contribution in [1.29, 1.82) is 0 Å². The second kappa shape index (κ2) is 6.47. The third kappa shape index (κ3) is 5.35. The summed E-state index contributed by atoms with van der Waals surface area (Å²) >= 11 is 1.55. The van der Waals surface area contributed by atoms with E-state index in [4.69, 9.17) is 0 Å². The molecule has 13 heavy (non-hydrogen) atoms. The largest absolute Gasteiger partial charge is 0.287 e. The van der Waals surface area contributed by atoms with Crippen LogP contribution in [-0.2, 0) is 4.79 Å². The van der Waals surface area contributed by atoms with E-state index in [0.29, 0.717) is 11.5 Å². The van der Waals surface area contributed by atoms with E-state index < -0.39 is 0 Å². The SMILES string of the molecule is CCCCC(C)(CC)SC(=O)CC. The van der Waals surface area contributed by atoms with Gasteiger partial charge in [-0.05, 0) is 19.8 Å². The normalized spacial score (nSPS) is 15.4. The van der Waals surface area contributed by atoms with Gasteiger partial charge in [0.25, 0.3) is 0 Å². The van der Waals surface area contributed by atoms with Crippen LogP contribution in [0.25, 0.3) is 0 Å². The Balaban J connectivity index is 4.02. The van der Waals surface area contributed by atoms with Crippen molar-refractivity contribution in [3.63, 3.8) is 0 Å². The molecule has 0 aliphatic rings. The monoisotopic (exact) mass is 202 g/mol. The van der Waals surface area contributed by atoms with Crippen LogP contribution in [0, 0.1) is 0 Å². The predicted molar refractivity (Wildman–Crippen MR) is 61.1 cm³/mol. The maximum atomic E-state index is 11.3. The molecular formula is C11H22OS. The summed E-state index contributed by atoms with van der Waals surface area (Å²) < 4.78 is 0.184. The van der Waals surface area contributed by atoms with Crippen LogP contribution in [0.4, 0.5) is 0 Å². The molecule has 2 heteroatoms. The van der Waals surface area contributed by atoms with Crippen LogP contribution in [0.5, 0.6) is 0 Å². The van der Waals surface area contributed by atoms with E-state index >= 15 is 0 Å². The van der Waals surface area contributed by atoms with Crippen molar-refractivity contribution >= 4 is 16.9 Å². The Morgan fingerprint density at radius 2 is 1.92 bits per heavy atom. The molecule has 0 aromatic rings. The minimum atomic E-state index is 0.184. The summed E-state index contributed by atoms with van der Waals surface area (Å²) in [6, 6.07) is 0. The lowest BCUT2D eigenvalue weighted by Gasteiger charge is -2.26. The van der Waals surface area contributed by atoms with Gasteiger partial charge in [-0.1, -0.05) is 45.4 Å². The van der Waals surface area contributed by atoms with Gasteiger partial charge in [-0.2, -0.15) is 0 Å². The number of rotatable bonds is 6. The maximum absolute atomic E-state index is 11.3. The Hall–Kier alpha value is 0.0200. The first-order valence-electron chi connectivity index (χ1n) is 5.29. The summed E-state index contributed by atoms with van der Waals surface area (Å²) in [6.45, 7) is 8.51. The first kappa shape index (κ1) is 13.0. The average Bonchev–Trinajstić information content (AvgIpc) is 2.14. The number of carbonyl (C=O) groups excluding carboxylic acids is 1.